The number of anilines is 1. The van der Waals surface area contributed by atoms with E-state index < -0.39 is 12.0 Å². The molecule has 0 amide bonds. The number of hydrazine groups is 1. The van der Waals surface area contributed by atoms with E-state index in [1.807, 2.05) is 24.2 Å². The van der Waals surface area contributed by atoms with Gasteiger partial charge in [-0.2, -0.15) is 0 Å². The molecule has 0 saturated heterocycles. The van der Waals surface area contributed by atoms with Crippen molar-refractivity contribution in [2.24, 2.45) is 10.8 Å². The second-order valence-corrected chi connectivity index (χ2v) is 9.58. The molecule has 2 bridgehead atoms. The number of nitrogens with zero attached hydrogens (tertiary/aromatic N) is 2. The third-order valence-corrected chi connectivity index (χ3v) is 7.37. The zero-order valence-electron chi connectivity index (χ0n) is 15.9. The van der Waals surface area contributed by atoms with Crippen molar-refractivity contribution >= 4 is 21.7 Å². The molecule has 7 heteroatoms. The Bertz CT molecular complexity index is 721. The van der Waals surface area contributed by atoms with E-state index in [4.69, 9.17) is 0 Å². The average molecular weight is 441 g/mol. The van der Waals surface area contributed by atoms with Gasteiger partial charge in [-0.15, -0.1) is 0 Å². The van der Waals surface area contributed by atoms with Crippen molar-refractivity contribution in [2.45, 2.75) is 57.4 Å². The maximum absolute atomic E-state index is 13.8. The van der Waals surface area contributed by atoms with Crippen LogP contribution < -0.4 is 10.7 Å². The summed E-state index contributed by atoms with van der Waals surface area (Å²) in [4.78, 5) is 4.38. The number of aromatic nitrogens is 1. The van der Waals surface area contributed by atoms with Crippen LogP contribution in [-0.4, -0.2) is 35.5 Å². The van der Waals surface area contributed by atoms with Gasteiger partial charge in [-0.3, -0.25) is 0 Å². The van der Waals surface area contributed by atoms with Gasteiger partial charge in [-0.1, -0.05) is 15.9 Å². The average Bonchev–Trinajstić information content (AvgIpc) is 3.05. The molecule has 0 radical (unpaired) electrons. The molecule has 2 N–H and O–H groups in total. The molecular formula is C20H27BrF2N4. The topological polar surface area (TPSA) is 40.2 Å². The van der Waals surface area contributed by atoms with E-state index in [1.54, 1.807) is 12.3 Å². The van der Waals surface area contributed by atoms with E-state index in [0.717, 1.165) is 68.0 Å². The smallest absolute Gasteiger partial charge is 0.265 e. The lowest BCUT2D eigenvalue weighted by Gasteiger charge is -2.55. The summed E-state index contributed by atoms with van der Waals surface area (Å²) in [5.41, 5.74) is 4.37. The summed E-state index contributed by atoms with van der Waals surface area (Å²) in [6, 6.07) is 3.03. The van der Waals surface area contributed by atoms with E-state index in [2.05, 4.69) is 31.7 Å². The molecule has 3 fully saturated rings. The predicted octanol–water partition coefficient (Wildman–Crippen LogP) is 4.95. The zero-order chi connectivity index (χ0) is 19.3. The predicted molar refractivity (Wildman–Crippen MR) is 106 cm³/mol. The normalized spacial score (nSPS) is 33.3. The lowest BCUT2D eigenvalue weighted by atomic mass is 9.52. The number of alkyl halides is 2. The molecule has 1 atom stereocenters. The Hall–Kier alpha value is -1.21. The van der Waals surface area contributed by atoms with Gasteiger partial charge in [0, 0.05) is 42.3 Å². The van der Waals surface area contributed by atoms with E-state index >= 15 is 0 Å². The van der Waals surface area contributed by atoms with Gasteiger partial charge >= 0.3 is 0 Å². The van der Waals surface area contributed by atoms with E-state index in [1.165, 1.54) is 0 Å². The number of nitrogens with one attached hydrogen (secondary N) is 2. The standard InChI is InChI=1S/C20H27BrF2N4/c1-18(22,23)15-12-16(27(2)26-15)20-7-4-19(5-8-20,6-9-20)13-25-17-11-14(21)3-10-24-17/h3,10-12,15,26H,4-9,13H2,1-2H3,(H,24,25). The third-order valence-electron chi connectivity index (χ3n) is 6.88. The number of halogens is 3. The van der Waals surface area contributed by atoms with Gasteiger partial charge in [-0.25, -0.2) is 19.2 Å². The minimum Gasteiger partial charge on any atom is -0.369 e. The maximum Gasteiger partial charge on any atom is 0.265 e. The molecule has 4 aliphatic rings. The quantitative estimate of drug-likeness (QED) is 0.678. The number of allylic oxidation sites excluding steroid dienone is 1. The molecular weight excluding hydrogens is 414 g/mol. The molecule has 0 spiro atoms. The fourth-order valence-corrected chi connectivity index (χ4v) is 5.40. The van der Waals surface area contributed by atoms with Crippen molar-refractivity contribution in [1.82, 2.24) is 15.4 Å². The van der Waals surface area contributed by atoms with Crippen molar-refractivity contribution in [3.05, 3.63) is 34.6 Å². The second kappa shape index (κ2) is 6.69. The summed E-state index contributed by atoms with van der Waals surface area (Å²) < 4.78 is 28.6. The zero-order valence-corrected chi connectivity index (χ0v) is 17.5. The molecule has 5 rings (SSSR count). The van der Waals surface area contributed by atoms with Gasteiger partial charge in [-0.05, 0) is 62.1 Å². The van der Waals surface area contributed by atoms with Crippen LogP contribution in [0.1, 0.15) is 45.4 Å². The van der Waals surface area contributed by atoms with Crippen molar-refractivity contribution in [3.8, 4) is 0 Å². The van der Waals surface area contributed by atoms with Gasteiger partial charge in [0.05, 0.1) is 0 Å². The van der Waals surface area contributed by atoms with Crippen molar-refractivity contribution in [3.63, 3.8) is 0 Å². The van der Waals surface area contributed by atoms with Gasteiger partial charge in [0.25, 0.3) is 5.92 Å². The Balaban J connectivity index is 1.43. The highest BCUT2D eigenvalue weighted by molar-refractivity contribution is 9.10. The first-order valence-corrected chi connectivity index (χ1v) is 10.5. The fourth-order valence-electron chi connectivity index (χ4n) is 5.07. The molecule has 1 unspecified atom stereocenters. The Labute approximate surface area is 167 Å². The highest BCUT2D eigenvalue weighted by Crippen LogP contribution is 2.60. The minimum absolute atomic E-state index is 0.0531. The fraction of sp³-hybridized carbons (Fsp3) is 0.650. The molecule has 27 heavy (non-hydrogen) atoms. The first-order valence-electron chi connectivity index (χ1n) is 9.67. The van der Waals surface area contributed by atoms with Crippen molar-refractivity contribution < 1.29 is 8.78 Å². The second-order valence-electron chi connectivity index (χ2n) is 8.67. The summed E-state index contributed by atoms with van der Waals surface area (Å²) in [5.74, 6) is -1.85. The monoisotopic (exact) mass is 440 g/mol. The lowest BCUT2D eigenvalue weighted by Crippen LogP contribution is -2.49. The molecule has 148 valence electrons. The SMILES string of the molecule is CN1NC(C(C)(F)F)C=C1C12CCC(CNc3cc(Br)ccn3)(CC1)CC2. The number of hydrogen-bond donors (Lipinski definition) is 2. The summed E-state index contributed by atoms with van der Waals surface area (Å²) in [5, 5.41) is 5.36. The molecule has 1 aromatic rings. The van der Waals surface area contributed by atoms with Gasteiger partial charge in [0.15, 0.2) is 0 Å². The van der Waals surface area contributed by atoms with Gasteiger partial charge < -0.3 is 10.3 Å². The molecule has 4 nitrogen and oxygen atoms in total. The third kappa shape index (κ3) is 3.60. The molecule has 1 aliphatic heterocycles. The van der Waals surface area contributed by atoms with E-state index in [0.29, 0.717) is 5.41 Å². The van der Waals surface area contributed by atoms with Crippen LogP contribution in [0.3, 0.4) is 0 Å². The molecule has 3 aliphatic carbocycles. The van der Waals surface area contributed by atoms with Crippen LogP contribution in [0.25, 0.3) is 0 Å². The molecule has 2 heterocycles. The van der Waals surface area contributed by atoms with Crippen LogP contribution >= 0.6 is 15.9 Å². The van der Waals surface area contributed by atoms with Crippen molar-refractivity contribution in [1.29, 1.82) is 0 Å². The summed E-state index contributed by atoms with van der Waals surface area (Å²) in [6.45, 7) is 1.92. The maximum atomic E-state index is 13.8. The highest BCUT2D eigenvalue weighted by atomic mass is 79.9. The van der Waals surface area contributed by atoms with Crippen LogP contribution in [0, 0.1) is 10.8 Å². The molecule has 0 aromatic carbocycles. The number of fused-ring (bicyclic) bond motifs is 3. The van der Waals surface area contributed by atoms with E-state index in [9.17, 15) is 8.78 Å². The summed E-state index contributed by atoms with van der Waals surface area (Å²) in [6.07, 6.45) is 10.2. The lowest BCUT2D eigenvalue weighted by molar-refractivity contribution is -0.0187. The molecule has 1 aromatic heterocycles. The van der Waals surface area contributed by atoms with Crippen LogP contribution in [0.2, 0.25) is 0 Å². The van der Waals surface area contributed by atoms with Crippen LogP contribution in [0.5, 0.6) is 0 Å². The number of hydrogen-bond acceptors (Lipinski definition) is 4. The largest absolute Gasteiger partial charge is 0.369 e. The van der Waals surface area contributed by atoms with Gasteiger partial charge in [0.2, 0.25) is 0 Å². The van der Waals surface area contributed by atoms with Crippen LogP contribution in [-0.2, 0) is 0 Å². The summed E-state index contributed by atoms with van der Waals surface area (Å²) >= 11 is 3.49. The number of rotatable bonds is 5. The van der Waals surface area contributed by atoms with Gasteiger partial charge in [0.1, 0.15) is 11.9 Å². The molecule has 3 saturated carbocycles. The van der Waals surface area contributed by atoms with Crippen molar-refractivity contribution in [2.75, 3.05) is 18.9 Å². The Morgan fingerprint density at radius 1 is 1.30 bits per heavy atom. The Morgan fingerprint density at radius 2 is 1.96 bits per heavy atom. The Kier molecular flexibility index (Phi) is 4.74. The minimum atomic E-state index is -2.75. The van der Waals surface area contributed by atoms with E-state index in [-0.39, 0.29) is 5.41 Å². The van der Waals surface area contributed by atoms with Crippen LogP contribution in [0.4, 0.5) is 14.6 Å². The first kappa shape index (κ1) is 19.1. The Morgan fingerprint density at radius 3 is 2.52 bits per heavy atom. The first-order chi connectivity index (χ1) is 12.7. The summed E-state index contributed by atoms with van der Waals surface area (Å²) in [7, 11) is 1.88. The van der Waals surface area contributed by atoms with Crippen LogP contribution in [0.15, 0.2) is 34.6 Å². The number of pyridine rings is 1. The highest BCUT2D eigenvalue weighted by Gasteiger charge is 2.53.